The van der Waals surface area contributed by atoms with Crippen molar-refractivity contribution in [2.45, 2.75) is 26.7 Å². The van der Waals surface area contributed by atoms with Crippen LogP contribution >= 0.6 is 0 Å². The molecule has 1 aromatic rings. The monoisotopic (exact) mass is 221 g/mol. The molecule has 0 aliphatic carbocycles. The number of rotatable bonds is 4. The second-order valence-corrected chi connectivity index (χ2v) is 3.55. The van der Waals surface area contributed by atoms with E-state index in [1.165, 1.54) is 4.90 Å². The topological polar surface area (TPSA) is 70.1 Å². The zero-order valence-corrected chi connectivity index (χ0v) is 9.78. The predicted octanol–water partition coefficient (Wildman–Crippen LogP) is 1.53. The maximum absolute atomic E-state index is 12.0. The maximum atomic E-state index is 12.0. The molecule has 0 aromatic carbocycles. The molecule has 16 heavy (non-hydrogen) atoms. The fourth-order valence-electron chi connectivity index (χ4n) is 1.44. The second kappa shape index (κ2) is 5.31. The van der Waals surface area contributed by atoms with Gasteiger partial charge in [0.25, 0.3) is 5.91 Å². The van der Waals surface area contributed by atoms with Gasteiger partial charge in [-0.15, -0.1) is 0 Å². The number of aromatic nitrogens is 1. The van der Waals surface area contributed by atoms with Crippen molar-refractivity contribution in [2.24, 2.45) is 0 Å². The normalized spacial score (nSPS) is 9.88. The molecule has 0 fully saturated rings. The van der Waals surface area contributed by atoms with Gasteiger partial charge in [-0.1, -0.05) is 12.1 Å². The average molecular weight is 221 g/mol. The van der Waals surface area contributed by atoms with Crippen LogP contribution in [-0.2, 0) is 6.42 Å². The van der Waals surface area contributed by atoms with Crippen molar-refractivity contribution in [3.05, 3.63) is 17.0 Å². The van der Waals surface area contributed by atoms with Crippen LogP contribution in [0.1, 0.15) is 35.2 Å². The lowest BCUT2D eigenvalue weighted by Gasteiger charge is -2.15. The first-order valence-corrected chi connectivity index (χ1v) is 5.19. The lowest BCUT2D eigenvalue weighted by molar-refractivity contribution is 0.0795. The highest BCUT2D eigenvalue weighted by Gasteiger charge is 2.21. The summed E-state index contributed by atoms with van der Waals surface area (Å²) in [4.78, 5) is 13.5. The molecule has 0 bridgehead atoms. The molecule has 0 spiro atoms. The van der Waals surface area contributed by atoms with Crippen molar-refractivity contribution in [1.82, 2.24) is 10.1 Å². The number of amides is 1. The van der Waals surface area contributed by atoms with Gasteiger partial charge in [0.05, 0.1) is 18.2 Å². The van der Waals surface area contributed by atoms with Crippen molar-refractivity contribution in [3.63, 3.8) is 0 Å². The Bertz CT molecular complexity index is 417. The van der Waals surface area contributed by atoms with Crippen LogP contribution in [0.3, 0.4) is 0 Å². The molecule has 86 valence electrons. The van der Waals surface area contributed by atoms with E-state index in [0.29, 0.717) is 36.4 Å². The third kappa shape index (κ3) is 2.40. The minimum absolute atomic E-state index is 0.133. The van der Waals surface area contributed by atoms with Gasteiger partial charge in [0.1, 0.15) is 11.3 Å². The van der Waals surface area contributed by atoms with Gasteiger partial charge in [-0.25, -0.2) is 0 Å². The van der Waals surface area contributed by atoms with E-state index in [0.717, 1.165) is 0 Å². The summed E-state index contributed by atoms with van der Waals surface area (Å²) >= 11 is 0. The first-order valence-electron chi connectivity index (χ1n) is 5.19. The summed E-state index contributed by atoms with van der Waals surface area (Å²) in [5, 5.41) is 12.3. The van der Waals surface area contributed by atoms with Crippen molar-refractivity contribution in [2.75, 3.05) is 13.6 Å². The molecule has 0 N–H and O–H groups in total. The molecule has 1 aromatic heterocycles. The molecule has 5 heteroatoms. The third-order valence-corrected chi connectivity index (χ3v) is 2.39. The van der Waals surface area contributed by atoms with Crippen LogP contribution in [0.25, 0.3) is 0 Å². The van der Waals surface area contributed by atoms with Crippen LogP contribution in [0.4, 0.5) is 0 Å². The number of carbonyl (C=O) groups excluding carboxylic acids is 1. The largest absolute Gasteiger partial charge is 0.361 e. The van der Waals surface area contributed by atoms with E-state index in [1.807, 2.05) is 13.0 Å². The van der Waals surface area contributed by atoms with E-state index >= 15 is 0 Å². The molecule has 0 saturated heterocycles. The quantitative estimate of drug-likeness (QED) is 0.773. The van der Waals surface area contributed by atoms with Crippen LogP contribution in [0.2, 0.25) is 0 Å². The van der Waals surface area contributed by atoms with Gasteiger partial charge >= 0.3 is 0 Å². The summed E-state index contributed by atoms with van der Waals surface area (Å²) in [6.07, 6.45) is 0.985. The van der Waals surface area contributed by atoms with E-state index in [1.54, 1.807) is 14.0 Å². The van der Waals surface area contributed by atoms with Crippen LogP contribution in [0.15, 0.2) is 4.52 Å². The number of hydrogen-bond acceptors (Lipinski definition) is 4. The van der Waals surface area contributed by atoms with Gasteiger partial charge in [-0.3, -0.25) is 4.79 Å². The molecule has 1 rings (SSSR count). The summed E-state index contributed by atoms with van der Waals surface area (Å²) in [6.45, 7) is 4.06. The predicted molar refractivity (Wildman–Crippen MR) is 57.8 cm³/mol. The number of nitriles is 1. The van der Waals surface area contributed by atoms with E-state index in [4.69, 9.17) is 9.78 Å². The first kappa shape index (κ1) is 12.2. The Balaban J connectivity index is 2.87. The molecular weight excluding hydrogens is 206 g/mol. The van der Waals surface area contributed by atoms with E-state index < -0.39 is 0 Å². The average Bonchev–Trinajstić information content (AvgIpc) is 2.66. The summed E-state index contributed by atoms with van der Waals surface area (Å²) in [5.41, 5.74) is 1.20. The summed E-state index contributed by atoms with van der Waals surface area (Å²) in [7, 11) is 1.67. The van der Waals surface area contributed by atoms with E-state index in [-0.39, 0.29) is 5.91 Å². The van der Waals surface area contributed by atoms with Crippen molar-refractivity contribution in [3.8, 4) is 6.07 Å². The number of nitrogens with zero attached hydrogens (tertiary/aromatic N) is 3. The fraction of sp³-hybridized carbons (Fsp3) is 0.545. The zero-order chi connectivity index (χ0) is 12.1. The molecular formula is C11H15N3O2. The molecule has 0 atom stereocenters. The highest BCUT2D eigenvalue weighted by molar-refractivity contribution is 5.96. The van der Waals surface area contributed by atoms with Gasteiger partial charge < -0.3 is 9.42 Å². The van der Waals surface area contributed by atoms with E-state index in [9.17, 15) is 4.79 Å². The zero-order valence-electron chi connectivity index (χ0n) is 9.78. The molecule has 0 saturated carbocycles. The third-order valence-electron chi connectivity index (χ3n) is 2.39. The van der Waals surface area contributed by atoms with Crippen molar-refractivity contribution in [1.29, 1.82) is 5.26 Å². The van der Waals surface area contributed by atoms with Gasteiger partial charge in [-0.05, 0) is 13.3 Å². The van der Waals surface area contributed by atoms with E-state index in [2.05, 4.69) is 5.16 Å². The Morgan fingerprint density at radius 1 is 1.62 bits per heavy atom. The fourth-order valence-corrected chi connectivity index (χ4v) is 1.44. The smallest absolute Gasteiger partial charge is 0.259 e. The summed E-state index contributed by atoms with van der Waals surface area (Å²) in [6, 6.07) is 2.01. The van der Waals surface area contributed by atoms with Crippen LogP contribution < -0.4 is 0 Å². The Morgan fingerprint density at radius 2 is 2.31 bits per heavy atom. The Hall–Kier alpha value is -1.83. The maximum Gasteiger partial charge on any atom is 0.259 e. The first-order chi connectivity index (χ1) is 7.61. The molecule has 0 unspecified atom stereocenters. The van der Waals surface area contributed by atoms with Crippen LogP contribution in [0.5, 0.6) is 0 Å². The summed E-state index contributed by atoms with van der Waals surface area (Å²) in [5.74, 6) is 0.400. The Kier molecular flexibility index (Phi) is 4.06. The van der Waals surface area contributed by atoms with Gasteiger partial charge in [0.2, 0.25) is 0 Å². The molecule has 0 radical (unpaired) electrons. The lowest BCUT2D eigenvalue weighted by Crippen LogP contribution is -2.28. The number of carbonyl (C=O) groups is 1. The number of aryl methyl sites for hydroxylation is 2. The van der Waals surface area contributed by atoms with Crippen molar-refractivity contribution >= 4 is 5.91 Å². The van der Waals surface area contributed by atoms with Gasteiger partial charge in [-0.2, -0.15) is 5.26 Å². The van der Waals surface area contributed by atoms with Crippen LogP contribution in [0, 0.1) is 18.3 Å². The Morgan fingerprint density at radius 3 is 2.88 bits per heavy atom. The highest BCUT2D eigenvalue weighted by atomic mass is 16.5. The van der Waals surface area contributed by atoms with Crippen molar-refractivity contribution < 1.29 is 9.32 Å². The second-order valence-electron chi connectivity index (χ2n) is 3.55. The number of hydrogen-bond donors (Lipinski definition) is 0. The van der Waals surface area contributed by atoms with Gasteiger partial charge in [0.15, 0.2) is 0 Å². The highest BCUT2D eigenvalue weighted by Crippen LogP contribution is 2.15. The standard InChI is InChI=1S/C11H15N3O2/c1-4-9-10(8(2)16-13-9)11(15)14(3)7-5-6-12/h4-5,7H2,1-3H3. The van der Waals surface area contributed by atoms with Gasteiger partial charge in [0, 0.05) is 13.6 Å². The Labute approximate surface area is 94.6 Å². The molecule has 5 nitrogen and oxygen atoms in total. The minimum Gasteiger partial charge on any atom is -0.361 e. The molecule has 0 aliphatic heterocycles. The SMILES string of the molecule is CCc1noc(C)c1C(=O)N(C)CCC#N. The molecule has 1 amide bonds. The lowest BCUT2D eigenvalue weighted by atomic mass is 10.1. The summed E-state index contributed by atoms with van der Waals surface area (Å²) < 4.78 is 5.00. The molecule has 1 heterocycles. The molecule has 0 aliphatic rings. The minimum atomic E-state index is -0.133. The van der Waals surface area contributed by atoms with Crippen LogP contribution in [-0.4, -0.2) is 29.6 Å².